The van der Waals surface area contributed by atoms with Crippen LogP contribution in [0.25, 0.3) is 12.2 Å². The van der Waals surface area contributed by atoms with Crippen LogP contribution in [0.5, 0.6) is 5.75 Å². The summed E-state index contributed by atoms with van der Waals surface area (Å²) in [6.07, 6.45) is 4.13. The molecule has 1 N–H and O–H groups in total. The predicted octanol–water partition coefficient (Wildman–Crippen LogP) is 4.69. The second-order valence-corrected chi connectivity index (χ2v) is 4.75. The molecule has 18 heavy (non-hydrogen) atoms. The van der Waals surface area contributed by atoms with Crippen LogP contribution in [-0.4, -0.2) is 5.11 Å². The average molecular weight is 238 g/mol. The van der Waals surface area contributed by atoms with Crippen molar-refractivity contribution in [1.29, 1.82) is 0 Å². The van der Waals surface area contributed by atoms with Crippen molar-refractivity contribution in [3.05, 3.63) is 65.2 Å². The largest absolute Gasteiger partial charge is 0.508 e. The Kier molecular flexibility index (Phi) is 3.83. The zero-order valence-electron chi connectivity index (χ0n) is 10.8. The molecule has 0 unspecified atom stereocenters. The summed E-state index contributed by atoms with van der Waals surface area (Å²) >= 11 is 0. The highest BCUT2D eigenvalue weighted by Crippen LogP contribution is 2.17. The molecule has 0 heterocycles. The second-order valence-electron chi connectivity index (χ2n) is 4.75. The Morgan fingerprint density at radius 3 is 1.67 bits per heavy atom. The van der Waals surface area contributed by atoms with Gasteiger partial charge in [-0.25, -0.2) is 0 Å². The SMILES string of the molecule is CC(C)c1ccc(/C=C/c2ccc(O)cc2)cc1. The summed E-state index contributed by atoms with van der Waals surface area (Å²) in [6.45, 7) is 4.39. The number of hydrogen-bond acceptors (Lipinski definition) is 1. The predicted molar refractivity (Wildman–Crippen MR) is 77.6 cm³/mol. The van der Waals surface area contributed by atoms with Crippen molar-refractivity contribution in [3.63, 3.8) is 0 Å². The Labute approximate surface area is 108 Å². The zero-order valence-corrected chi connectivity index (χ0v) is 10.8. The van der Waals surface area contributed by atoms with Gasteiger partial charge in [0.05, 0.1) is 0 Å². The molecule has 0 radical (unpaired) electrons. The molecule has 1 heteroatoms. The molecule has 0 amide bonds. The van der Waals surface area contributed by atoms with E-state index < -0.39 is 0 Å². The quantitative estimate of drug-likeness (QED) is 0.769. The lowest BCUT2D eigenvalue weighted by molar-refractivity contribution is 0.475. The molecule has 92 valence electrons. The molecule has 1 nitrogen and oxygen atoms in total. The number of hydrogen-bond donors (Lipinski definition) is 1. The van der Waals surface area contributed by atoms with Gasteiger partial charge < -0.3 is 5.11 Å². The van der Waals surface area contributed by atoms with E-state index in [-0.39, 0.29) is 0 Å². The van der Waals surface area contributed by atoms with Crippen molar-refractivity contribution in [2.24, 2.45) is 0 Å². The number of benzene rings is 2. The molecule has 0 fully saturated rings. The van der Waals surface area contributed by atoms with Gasteiger partial charge in [0.25, 0.3) is 0 Å². The van der Waals surface area contributed by atoms with Crippen LogP contribution in [0.4, 0.5) is 0 Å². The van der Waals surface area contributed by atoms with Crippen LogP contribution in [0.15, 0.2) is 48.5 Å². The van der Waals surface area contributed by atoms with Crippen LogP contribution in [0, 0.1) is 0 Å². The van der Waals surface area contributed by atoms with Crippen LogP contribution in [0.3, 0.4) is 0 Å². The third-order valence-electron chi connectivity index (χ3n) is 2.96. The molecule has 0 aliphatic heterocycles. The fraction of sp³-hybridized carbons (Fsp3) is 0.176. The molecule has 0 spiro atoms. The van der Waals surface area contributed by atoms with E-state index in [2.05, 4.69) is 44.2 Å². The minimum Gasteiger partial charge on any atom is -0.508 e. The van der Waals surface area contributed by atoms with E-state index in [1.165, 1.54) is 11.1 Å². The third kappa shape index (κ3) is 3.24. The van der Waals surface area contributed by atoms with Gasteiger partial charge in [-0.05, 0) is 34.7 Å². The van der Waals surface area contributed by atoms with Gasteiger partial charge >= 0.3 is 0 Å². The molecule has 2 rings (SSSR count). The van der Waals surface area contributed by atoms with Gasteiger partial charge in [-0.2, -0.15) is 0 Å². The Morgan fingerprint density at radius 2 is 1.22 bits per heavy atom. The highest BCUT2D eigenvalue weighted by Gasteiger charge is 1.97. The third-order valence-corrected chi connectivity index (χ3v) is 2.96. The maximum absolute atomic E-state index is 9.20. The summed E-state index contributed by atoms with van der Waals surface area (Å²) < 4.78 is 0. The Balaban J connectivity index is 2.11. The van der Waals surface area contributed by atoms with Crippen LogP contribution in [-0.2, 0) is 0 Å². The van der Waals surface area contributed by atoms with Crippen LogP contribution >= 0.6 is 0 Å². The molecule has 0 aliphatic rings. The number of rotatable bonds is 3. The molecular weight excluding hydrogens is 220 g/mol. The molecule has 0 saturated heterocycles. The van der Waals surface area contributed by atoms with Crippen molar-refractivity contribution in [1.82, 2.24) is 0 Å². The van der Waals surface area contributed by atoms with Gasteiger partial charge in [-0.3, -0.25) is 0 Å². The number of phenols is 1. The van der Waals surface area contributed by atoms with E-state index in [4.69, 9.17) is 0 Å². The smallest absolute Gasteiger partial charge is 0.115 e. The van der Waals surface area contributed by atoms with E-state index in [1.54, 1.807) is 12.1 Å². The maximum atomic E-state index is 9.20. The molecular formula is C17H18O. The Bertz CT molecular complexity index is 519. The fourth-order valence-electron chi connectivity index (χ4n) is 1.77. The lowest BCUT2D eigenvalue weighted by Crippen LogP contribution is -1.85. The molecule has 0 bridgehead atoms. The fourth-order valence-corrected chi connectivity index (χ4v) is 1.77. The highest BCUT2D eigenvalue weighted by molar-refractivity contribution is 5.69. The van der Waals surface area contributed by atoms with E-state index in [1.807, 2.05) is 18.2 Å². The van der Waals surface area contributed by atoms with E-state index in [0.29, 0.717) is 11.7 Å². The van der Waals surface area contributed by atoms with Gasteiger partial charge in [0.15, 0.2) is 0 Å². The van der Waals surface area contributed by atoms with Gasteiger partial charge in [-0.15, -0.1) is 0 Å². The molecule has 0 aromatic heterocycles. The van der Waals surface area contributed by atoms with Crippen molar-refractivity contribution in [2.75, 3.05) is 0 Å². The highest BCUT2D eigenvalue weighted by atomic mass is 16.3. The summed E-state index contributed by atoms with van der Waals surface area (Å²) in [7, 11) is 0. The van der Waals surface area contributed by atoms with E-state index in [0.717, 1.165) is 5.56 Å². The average Bonchev–Trinajstić information content (AvgIpc) is 2.38. The summed E-state index contributed by atoms with van der Waals surface area (Å²) in [5.74, 6) is 0.869. The molecule has 0 aliphatic carbocycles. The lowest BCUT2D eigenvalue weighted by Gasteiger charge is -2.04. The molecule has 2 aromatic rings. The van der Waals surface area contributed by atoms with Gasteiger partial charge in [0.1, 0.15) is 5.75 Å². The minimum atomic E-state index is 0.299. The monoisotopic (exact) mass is 238 g/mol. The minimum absolute atomic E-state index is 0.299. The number of aromatic hydroxyl groups is 1. The molecule has 2 aromatic carbocycles. The molecule has 0 atom stereocenters. The molecule has 0 saturated carbocycles. The standard InChI is InChI=1S/C17H18O/c1-13(2)16-9-5-14(6-10-16)3-4-15-7-11-17(18)12-8-15/h3-13,18H,1-2H3/b4-3+. The Hall–Kier alpha value is -2.02. The second kappa shape index (κ2) is 5.54. The van der Waals surface area contributed by atoms with Crippen molar-refractivity contribution < 1.29 is 5.11 Å². The van der Waals surface area contributed by atoms with Crippen molar-refractivity contribution >= 4 is 12.2 Å². The van der Waals surface area contributed by atoms with E-state index in [9.17, 15) is 5.11 Å². The summed E-state index contributed by atoms with van der Waals surface area (Å²) in [5, 5.41) is 9.20. The summed E-state index contributed by atoms with van der Waals surface area (Å²) in [5.41, 5.74) is 3.63. The topological polar surface area (TPSA) is 20.2 Å². The first-order chi connectivity index (χ1) is 8.65. The van der Waals surface area contributed by atoms with Crippen LogP contribution < -0.4 is 0 Å². The van der Waals surface area contributed by atoms with Gasteiger partial charge in [-0.1, -0.05) is 62.4 Å². The van der Waals surface area contributed by atoms with Crippen LogP contribution in [0.1, 0.15) is 36.5 Å². The van der Waals surface area contributed by atoms with Crippen molar-refractivity contribution in [2.45, 2.75) is 19.8 Å². The first kappa shape index (κ1) is 12.4. The Morgan fingerprint density at radius 1 is 0.778 bits per heavy atom. The van der Waals surface area contributed by atoms with Gasteiger partial charge in [0.2, 0.25) is 0 Å². The zero-order chi connectivity index (χ0) is 13.0. The summed E-state index contributed by atoms with van der Waals surface area (Å²) in [6, 6.07) is 15.8. The van der Waals surface area contributed by atoms with Crippen LogP contribution in [0.2, 0.25) is 0 Å². The first-order valence-electron chi connectivity index (χ1n) is 6.22. The van der Waals surface area contributed by atoms with Crippen molar-refractivity contribution in [3.8, 4) is 5.75 Å². The first-order valence-corrected chi connectivity index (χ1v) is 6.22. The van der Waals surface area contributed by atoms with Gasteiger partial charge in [0, 0.05) is 0 Å². The van der Waals surface area contributed by atoms with E-state index >= 15 is 0 Å². The maximum Gasteiger partial charge on any atom is 0.115 e. The number of phenolic OH excluding ortho intramolecular Hbond substituents is 1. The summed E-state index contributed by atoms with van der Waals surface area (Å²) in [4.78, 5) is 0. The lowest BCUT2D eigenvalue weighted by atomic mass is 10.0. The normalized spacial score (nSPS) is 11.3.